The second kappa shape index (κ2) is 4.76. The normalized spacial score (nSPS) is 17.1. The number of pyridine rings is 1. The molecule has 1 aliphatic rings. The molecule has 0 radical (unpaired) electrons. The molecular formula is C14H19ClN2O2. The summed E-state index contributed by atoms with van der Waals surface area (Å²) in [6.45, 7) is 6.03. The Hall–Kier alpha value is -1.13. The monoisotopic (exact) mass is 282 g/mol. The second-order valence-electron chi connectivity index (χ2n) is 6.21. The molecule has 0 aromatic carbocycles. The Labute approximate surface area is 118 Å². The third-order valence-corrected chi connectivity index (χ3v) is 3.55. The zero-order chi connectivity index (χ0) is 14.3. The van der Waals surface area contributed by atoms with Crippen molar-refractivity contribution in [3.63, 3.8) is 0 Å². The highest BCUT2D eigenvalue weighted by Gasteiger charge is 2.43. The number of rotatable bonds is 3. The third-order valence-electron chi connectivity index (χ3n) is 3.36. The van der Waals surface area contributed by atoms with E-state index in [1.165, 1.54) is 0 Å². The lowest BCUT2D eigenvalue weighted by molar-refractivity contribution is 0.0906. The smallest absolute Gasteiger partial charge is 0.251 e. The first-order chi connectivity index (χ1) is 8.76. The molecule has 0 atom stereocenters. The van der Waals surface area contributed by atoms with Crippen molar-refractivity contribution in [1.29, 1.82) is 0 Å². The van der Waals surface area contributed by atoms with Gasteiger partial charge in [-0.2, -0.15) is 0 Å². The Balaban J connectivity index is 2.25. The van der Waals surface area contributed by atoms with Crippen molar-refractivity contribution >= 4 is 17.5 Å². The Bertz CT molecular complexity index is 505. The van der Waals surface area contributed by atoms with E-state index in [9.17, 15) is 9.90 Å². The average Bonchev–Trinajstić information content (AvgIpc) is 3.07. The summed E-state index contributed by atoms with van der Waals surface area (Å²) < 4.78 is 0. The van der Waals surface area contributed by atoms with Crippen LogP contribution in [0.15, 0.2) is 12.1 Å². The predicted molar refractivity (Wildman–Crippen MR) is 74.5 cm³/mol. The molecule has 1 aromatic rings. The van der Waals surface area contributed by atoms with Crippen LogP contribution in [0.2, 0.25) is 5.15 Å². The highest BCUT2D eigenvalue weighted by atomic mass is 35.5. The van der Waals surface area contributed by atoms with E-state index in [4.69, 9.17) is 11.6 Å². The number of halogens is 1. The number of hydrogen-bond acceptors (Lipinski definition) is 3. The molecule has 0 unspecified atom stereocenters. The fourth-order valence-electron chi connectivity index (χ4n) is 1.80. The van der Waals surface area contributed by atoms with Gasteiger partial charge in [0.25, 0.3) is 5.91 Å². The van der Waals surface area contributed by atoms with Crippen molar-refractivity contribution in [2.24, 2.45) is 0 Å². The van der Waals surface area contributed by atoms with Gasteiger partial charge in [0, 0.05) is 16.7 Å². The van der Waals surface area contributed by atoms with Gasteiger partial charge >= 0.3 is 0 Å². The number of aliphatic hydroxyl groups is 1. The fraction of sp³-hybridized carbons (Fsp3) is 0.571. The summed E-state index contributed by atoms with van der Waals surface area (Å²) in [6, 6.07) is 3.31. The van der Waals surface area contributed by atoms with Gasteiger partial charge in [-0.1, -0.05) is 32.4 Å². The minimum absolute atomic E-state index is 0.0241. The number of nitrogens with zero attached hydrogens (tertiary/aromatic N) is 1. The van der Waals surface area contributed by atoms with Gasteiger partial charge in [0.2, 0.25) is 0 Å². The van der Waals surface area contributed by atoms with Crippen LogP contribution in [-0.4, -0.2) is 28.1 Å². The van der Waals surface area contributed by atoms with Gasteiger partial charge in [-0.05, 0) is 25.0 Å². The van der Waals surface area contributed by atoms with E-state index < -0.39 is 5.54 Å². The van der Waals surface area contributed by atoms with Crippen LogP contribution in [0.4, 0.5) is 0 Å². The first-order valence-corrected chi connectivity index (χ1v) is 6.75. The molecule has 2 N–H and O–H groups in total. The van der Waals surface area contributed by atoms with E-state index in [-0.39, 0.29) is 17.9 Å². The highest BCUT2D eigenvalue weighted by Crippen LogP contribution is 2.35. The van der Waals surface area contributed by atoms with Crippen molar-refractivity contribution in [3.8, 4) is 0 Å². The topological polar surface area (TPSA) is 62.2 Å². The maximum atomic E-state index is 12.2. The van der Waals surface area contributed by atoms with E-state index in [1.54, 1.807) is 12.1 Å². The first kappa shape index (κ1) is 14.3. The number of carbonyl (C=O) groups excluding carboxylic acids is 1. The van der Waals surface area contributed by atoms with Gasteiger partial charge in [0.05, 0.1) is 12.1 Å². The van der Waals surface area contributed by atoms with Gasteiger partial charge in [-0.15, -0.1) is 0 Å². The number of nitrogens with one attached hydrogen (secondary N) is 1. The summed E-state index contributed by atoms with van der Waals surface area (Å²) in [5.74, 6) is -0.207. The van der Waals surface area contributed by atoms with E-state index in [1.807, 2.05) is 20.8 Å². The standard InChI is InChI=1S/C14H19ClN2O2/c1-13(2,3)10-6-9(7-11(15)16-10)12(19)17-14(8-18)4-5-14/h6-7,18H,4-5,8H2,1-3H3,(H,17,19). The van der Waals surface area contributed by atoms with Crippen LogP contribution in [-0.2, 0) is 5.41 Å². The lowest BCUT2D eigenvalue weighted by atomic mass is 9.91. The van der Waals surface area contributed by atoms with Crippen LogP contribution in [0.25, 0.3) is 0 Å². The van der Waals surface area contributed by atoms with Crippen LogP contribution < -0.4 is 5.32 Å². The minimum Gasteiger partial charge on any atom is -0.394 e. The largest absolute Gasteiger partial charge is 0.394 e. The van der Waals surface area contributed by atoms with Crippen molar-refractivity contribution in [3.05, 3.63) is 28.5 Å². The molecule has 2 rings (SSSR count). The molecule has 0 bridgehead atoms. The van der Waals surface area contributed by atoms with Crippen molar-refractivity contribution in [2.75, 3.05) is 6.61 Å². The van der Waals surface area contributed by atoms with Crippen LogP contribution >= 0.6 is 11.6 Å². The lowest BCUT2D eigenvalue weighted by Gasteiger charge is -2.19. The minimum atomic E-state index is -0.422. The van der Waals surface area contributed by atoms with Crippen molar-refractivity contribution < 1.29 is 9.90 Å². The maximum absolute atomic E-state index is 12.2. The van der Waals surface area contributed by atoms with Gasteiger partial charge in [-0.25, -0.2) is 4.98 Å². The van der Waals surface area contributed by atoms with E-state index in [0.29, 0.717) is 10.7 Å². The zero-order valence-corrected chi connectivity index (χ0v) is 12.2. The summed E-state index contributed by atoms with van der Waals surface area (Å²) in [5.41, 5.74) is 0.673. The molecule has 1 amide bonds. The molecule has 19 heavy (non-hydrogen) atoms. The molecule has 1 heterocycles. The number of hydrogen-bond donors (Lipinski definition) is 2. The van der Waals surface area contributed by atoms with Crippen LogP contribution in [0.1, 0.15) is 49.7 Å². The fourth-order valence-corrected chi connectivity index (χ4v) is 2.01. The third kappa shape index (κ3) is 3.25. The maximum Gasteiger partial charge on any atom is 0.251 e. The molecule has 4 nitrogen and oxygen atoms in total. The van der Waals surface area contributed by atoms with Crippen LogP contribution in [0, 0.1) is 0 Å². The predicted octanol–water partition coefficient (Wildman–Crippen LogP) is 2.29. The molecular weight excluding hydrogens is 264 g/mol. The zero-order valence-electron chi connectivity index (χ0n) is 11.5. The van der Waals surface area contributed by atoms with Gasteiger partial charge < -0.3 is 10.4 Å². The number of aliphatic hydroxyl groups excluding tert-OH is 1. The van der Waals surface area contributed by atoms with E-state index in [0.717, 1.165) is 18.5 Å². The van der Waals surface area contributed by atoms with Gasteiger partial charge in [0.1, 0.15) is 5.15 Å². The molecule has 1 aromatic heterocycles. The number of amides is 1. The Morgan fingerprint density at radius 2 is 2.11 bits per heavy atom. The second-order valence-corrected chi connectivity index (χ2v) is 6.59. The molecule has 5 heteroatoms. The summed E-state index contributed by atoms with van der Waals surface area (Å²) in [7, 11) is 0. The molecule has 1 saturated carbocycles. The summed E-state index contributed by atoms with van der Waals surface area (Å²) in [5, 5.41) is 12.4. The molecule has 0 spiro atoms. The summed E-state index contributed by atoms with van der Waals surface area (Å²) in [4.78, 5) is 16.4. The average molecular weight is 283 g/mol. The van der Waals surface area contributed by atoms with E-state index in [2.05, 4.69) is 10.3 Å². The van der Waals surface area contributed by atoms with Crippen molar-refractivity contribution in [1.82, 2.24) is 10.3 Å². The summed E-state index contributed by atoms with van der Waals surface area (Å²) in [6.07, 6.45) is 1.64. The SMILES string of the molecule is CC(C)(C)c1cc(C(=O)NC2(CO)CC2)cc(Cl)n1. The van der Waals surface area contributed by atoms with Crippen LogP contribution in [0.3, 0.4) is 0 Å². The molecule has 104 valence electrons. The molecule has 1 fully saturated rings. The number of aromatic nitrogens is 1. The summed E-state index contributed by atoms with van der Waals surface area (Å²) >= 11 is 5.98. The van der Waals surface area contributed by atoms with Crippen molar-refractivity contribution in [2.45, 2.75) is 44.6 Å². The number of carbonyl (C=O) groups is 1. The van der Waals surface area contributed by atoms with E-state index >= 15 is 0 Å². The quantitative estimate of drug-likeness (QED) is 0.836. The highest BCUT2D eigenvalue weighted by molar-refractivity contribution is 6.29. The molecule has 1 aliphatic carbocycles. The Morgan fingerprint density at radius 3 is 2.58 bits per heavy atom. The molecule has 0 saturated heterocycles. The van der Waals surface area contributed by atoms with Crippen LogP contribution in [0.5, 0.6) is 0 Å². The van der Waals surface area contributed by atoms with Gasteiger partial charge in [0.15, 0.2) is 0 Å². The van der Waals surface area contributed by atoms with Gasteiger partial charge in [-0.3, -0.25) is 4.79 Å². The molecule has 0 aliphatic heterocycles. The Morgan fingerprint density at radius 1 is 1.47 bits per heavy atom. The lowest BCUT2D eigenvalue weighted by Crippen LogP contribution is -2.39. The Kier molecular flexibility index (Phi) is 3.58. The first-order valence-electron chi connectivity index (χ1n) is 6.37.